The Labute approximate surface area is 111 Å². The second kappa shape index (κ2) is 6.04. The van der Waals surface area contributed by atoms with Crippen molar-refractivity contribution in [2.75, 3.05) is 6.61 Å². The fourth-order valence-corrected chi connectivity index (χ4v) is 2.84. The number of aliphatic hydroxyl groups is 1. The Hall–Kier alpha value is -0.583. The molecule has 1 aromatic heterocycles. The molecule has 1 N–H and O–H groups in total. The highest BCUT2D eigenvalue weighted by Crippen LogP contribution is 2.40. The molecule has 0 saturated heterocycles. The third-order valence-corrected chi connectivity index (χ3v) is 8.21. The van der Waals surface area contributed by atoms with Crippen LogP contribution in [-0.2, 0) is 4.43 Å². The molecule has 4 heteroatoms. The van der Waals surface area contributed by atoms with Crippen LogP contribution < -0.4 is 0 Å². The lowest BCUT2D eigenvalue weighted by molar-refractivity contribution is 0.135. The minimum absolute atomic E-state index is 0.0342. The summed E-state index contributed by atoms with van der Waals surface area (Å²) < 4.78 is 11.8. The van der Waals surface area contributed by atoms with Gasteiger partial charge in [-0.3, -0.25) is 0 Å². The van der Waals surface area contributed by atoms with Crippen molar-refractivity contribution in [3.8, 4) is 0 Å². The van der Waals surface area contributed by atoms with Crippen molar-refractivity contribution in [1.82, 2.24) is 0 Å². The van der Waals surface area contributed by atoms with Crippen LogP contribution in [0.5, 0.6) is 0 Å². The monoisotopic (exact) mass is 270 g/mol. The van der Waals surface area contributed by atoms with Gasteiger partial charge in [-0.25, -0.2) is 0 Å². The average Bonchev–Trinajstić information content (AvgIpc) is 2.75. The third-order valence-electron chi connectivity index (χ3n) is 3.73. The lowest BCUT2D eigenvalue weighted by Gasteiger charge is -2.38. The molecular weight excluding hydrogens is 244 g/mol. The van der Waals surface area contributed by atoms with Crippen LogP contribution in [0.25, 0.3) is 0 Å². The van der Waals surface area contributed by atoms with E-state index in [2.05, 4.69) is 33.9 Å². The summed E-state index contributed by atoms with van der Waals surface area (Å²) in [4.78, 5) is 0. The molecule has 0 aromatic carbocycles. The van der Waals surface area contributed by atoms with Crippen LogP contribution in [-0.4, -0.2) is 20.0 Å². The molecule has 104 valence electrons. The van der Waals surface area contributed by atoms with E-state index in [1.807, 2.05) is 12.1 Å². The van der Waals surface area contributed by atoms with Gasteiger partial charge in [-0.1, -0.05) is 20.8 Å². The molecule has 0 aliphatic heterocycles. The number of rotatable bonds is 6. The van der Waals surface area contributed by atoms with Crippen LogP contribution in [0.3, 0.4) is 0 Å². The van der Waals surface area contributed by atoms with Gasteiger partial charge in [0.2, 0.25) is 0 Å². The van der Waals surface area contributed by atoms with Gasteiger partial charge in [-0.2, -0.15) is 0 Å². The van der Waals surface area contributed by atoms with E-state index < -0.39 is 8.32 Å². The summed E-state index contributed by atoms with van der Waals surface area (Å²) in [6.07, 6.45) is 3.18. The van der Waals surface area contributed by atoms with Crippen molar-refractivity contribution in [1.29, 1.82) is 0 Å². The van der Waals surface area contributed by atoms with Gasteiger partial charge in [0.1, 0.15) is 11.9 Å². The van der Waals surface area contributed by atoms with Crippen molar-refractivity contribution in [3.63, 3.8) is 0 Å². The normalized spacial score (nSPS) is 14.8. The fraction of sp³-hybridized carbons (Fsp3) is 0.714. The maximum atomic E-state index is 9.00. The molecule has 0 aliphatic rings. The van der Waals surface area contributed by atoms with Gasteiger partial charge in [0.15, 0.2) is 8.32 Å². The lowest BCUT2D eigenvalue weighted by atomic mass is 10.1. The summed E-state index contributed by atoms with van der Waals surface area (Å²) in [5.41, 5.74) is 0. The van der Waals surface area contributed by atoms with Gasteiger partial charge in [-0.05, 0) is 43.1 Å². The molecule has 1 atom stereocenters. The minimum atomic E-state index is -1.82. The fourth-order valence-electron chi connectivity index (χ4n) is 1.54. The van der Waals surface area contributed by atoms with Crippen LogP contribution in [0.4, 0.5) is 0 Å². The van der Waals surface area contributed by atoms with Gasteiger partial charge >= 0.3 is 0 Å². The van der Waals surface area contributed by atoms with Crippen LogP contribution >= 0.6 is 0 Å². The molecule has 1 rings (SSSR count). The maximum Gasteiger partial charge on any atom is 0.193 e. The summed E-state index contributed by atoms with van der Waals surface area (Å²) >= 11 is 0. The molecule has 0 bridgehead atoms. The smallest absolute Gasteiger partial charge is 0.193 e. The number of furan rings is 1. The van der Waals surface area contributed by atoms with Crippen LogP contribution in [0.1, 0.15) is 45.5 Å². The molecular formula is C14H26O3Si. The maximum absolute atomic E-state index is 9.00. The van der Waals surface area contributed by atoms with E-state index in [1.54, 1.807) is 6.26 Å². The van der Waals surface area contributed by atoms with E-state index in [1.165, 1.54) is 0 Å². The van der Waals surface area contributed by atoms with E-state index in [-0.39, 0.29) is 17.7 Å². The highest BCUT2D eigenvalue weighted by molar-refractivity contribution is 6.74. The lowest BCUT2D eigenvalue weighted by Crippen LogP contribution is -2.41. The van der Waals surface area contributed by atoms with Crippen LogP contribution in [0.2, 0.25) is 18.1 Å². The van der Waals surface area contributed by atoms with Crippen LogP contribution in [0, 0.1) is 0 Å². The predicted octanol–water partition coefficient (Wildman–Crippen LogP) is 4.12. The zero-order chi connectivity index (χ0) is 13.8. The Bertz CT molecular complexity index is 338. The second-order valence-corrected chi connectivity index (χ2v) is 11.0. The Morgan fingerprint density at radius 1 is 1.39 bits per heavy atom. The largest absolute Gasteiger partial charge is 0.467 e. The van der Waals surface area contributed by atoms with Gasteiger partial charge in [-0.15, -0.1) is 0 Å². The van der Waals surface area contributed by atoms with E-state index in [0.29, 0.717) is 0 Å². The van der Waals surface area contributed by atoms with E-state index in [9.17, 15) is 0 Å². The quantitative estimate of drug-likeness (QED) is 0.791. The topological polar surface area (TPSA) is 42.6 Å². The molecule has 0 radical (unpaired) electrons. The molecule has 0 spiro atoms. The highest BCUT2D eigenvalue weighted by Gasteiger charge is 2.39. The molecule has 1 heterocycles. The number of hydrogen-bond acceptors (Lipinski definition) is 3. The molecule has 0 saturated carbocycles. The molecule has 0 amide bonds. The summed E-state index contributed by atoms with van der Waals surface area (Å²) in [5.74, 6) is 0.869. The zero-order valence-corrected chi connectivity index (χ0v) is 13.2. The summed E-state index contributed by atoms with van der Waals surface area (Å²) in [6.45, 7) is 11.3. The molecule has 1 unspecified atom stereocenters. The molecule has 0 fully saturated rings. The van der Waals surface area contributed by atoms with E-state index >= 15 is 0 Å². The first-order valence-corrected chi connectivity index (χ1v) is 9.51. The Morgan fingerprint density at radius 2 is 2.06 bits per heavy atom. The van der Waals surface area contributed by atoms with Crippen molar-refractivity contribution >= 4 is 8.32 Å². The first-order valence-electron chi connectivity index (χ1n) is 6.60. The highest BCUT2D eigenvalue weighted by atomic mass is 28.4. The van der Waals surface area contributed by atoms with Gasteiger partial charge in [0.05, 0.1) is 6.26 Å². The van der Waals surface area contributed by atoms with Crippen molar-refractivity contribution in [2.45, 2.75) is 57.8 Å². The first-order chi connectivity index (χ1) is 8.28. The minimum Gasteiger partial charge on any atom is -0.467 e. The summed E-state index contributed by atoms with van der Waals surface area (Å²) in [6, 6.07) is 3.84. The standard InChI is InChI=1S/C14H26O3Si/c1-14(2,3)18(4,5)17-13(8-6-10-15)12-9-7-11-16-12/h7,9,11,13,15H,6,8,10H2,1-5H3. The van der Waals surface area contributed by atoms with Crippen molar-refractivity contribution in [3.05, 3.63) is 24.2 Å². The predicted molar refractivity (Wildman–Crippen MR) is 76.1 cm³/mol. The molecule has 18 heavy (non-hydrogen) atoms. The van der Waals surface area contributed by atoms with E-state index in [4.69, 9.17) is 13.9 Å². The van der Waals surface area contributed by atoms with Crippen molar-refractivity contribution < 1.29 is 13.9 Å². The molecule has 0 aliphatic carbocycles. The Balaban J connectivity index is 2.79. The Kier molecular flexibility index (Phi) is 5.19. The van der Waals surface area contributed by atoms with Crippen molar-refractivity contribution in [2.24, 2.45) is 0 Å². The number of hydrogen-bond donors (Lipinski definition) is 1. The number of aliphatic hydroxyl groups excluding tert-OH is 1. The molecule has 3 nitrogen and oxygen atoms in total. The average molecular weight is 270 g/mol. The zero-order valence-electron chi connectivity index (χ0n) is 12.2. The van der Waals surface area contributed by atoms with Gasteiger partial charge in [0, 0.05) is 6.61 Å². The summed E-state index contributed by atoms with van der Waals surface area (Å²) in [5, 5.41) is 9.17. The second-order valence-electron chi connectivity index (χ2n) is 6.25. The Morgan fingerprint density at radius 3 is 2.50 bits per heavy atom. The molecule has 1 aromatic rings. The van der Waals surface area contributed by atoms with Gasteiger partial charge in [0.25, 0.3) is 0 Å². The third kappa shape index (κ3) is 3.97. The van der Waals surface area contributed by atoms with E-state index in [0.717, 1.165) is 18.6 Å². The first kappa shape index (κ1) is 15.5. The SMILES string of the molecule is CC(C)(C)[Si](C)(C)OC(CCCO)c1ccco1. The van der Waals surface area contributed by atoms with Crippen LogP contribution in [0.15, 0.2) is 22.8 Å². The summed E-state index contributed by atoms with van der Waals surface area (Å²) in [7, 11) is -1.82. The van der Waals surface area contributed by atoms with Gasteiger partial charge < -0.3 is 13.9 Å².